The van der Waals surface area contributed by atoms with Crippen molar-refractivity contribution in [3.63, 3.8) is 0 Å². The van der Waals surface area contributed by atoms with Crippen molar-refractivity contribution in [1.29, 1.82) is 0 Å². The van der Waals surface area contributed by atoms with Gasteiger partial charge in [-0.3, -0.25) is 0 Å². The molecular weight excluding hydrogens is 385 g/mol. The van der Waals surface area contributed by atoms with Crippen LogP contribution in [0.2, 0.25) is 0 Å². The van der Waals surface area contributed by atoms with Crippen LogP contribution in [0.15, 0.2) is 24.3 Å². The van der Waals surface area contributed by atoms with Gasteiger partial charge in [0.05, 0.1) is 18.3 Å². The fraction of sp³-hybridized carbons (Fsp3) is 0.727. The summed E-state index contributed by atoms with van der Waals surface area (Å²) in [5.41, 5.74) is -0.557. The second-order valence-electron chi connectivity index (χ2n) is 7.85. The van der Waals surface area contributed by atoms with Crippen molar-refractivity contribution >= 4 is 0 Å². The predicted molar refractivity (Wildman–Crippen MR) is 102 cm³/mol. The van der Waals surface area contributed by atoms with Gasteiger partial charge >= 0.3 is 6.18 Å². The maximum atomic E-state index is 13.3. The molecule has 1 unspecified atom stereocenters. The molecule has 2 heterocycles. The zero-order valence-electron chi connectivity index (χ0n) is 17.3. The smallest absolute Gasteiger partial charge is 0.368 e. The Morgan fingerprint density at radius 3 is 2.45 bits per heavy atom. The SMILES string of the molecule is CCCCC1(CCC)O[C@H]2O[C@H](CC)[C@H](OCc3ccccc3C(F)(F)F)[C@H]2O1. The number of benzene rings is 1. The molecule has 0 radical (unpaired) electrons. The molecule has 1 aromatic rings. The number of alkyl halides is 3. The Morgan fingerprint density at radius 2 is 1.79 bits per heavy atom. The summed E-state index contributed by atoms with van der Waals surface area (Å²) in [6, 6.07) is 5.50. The lowest BCUT2D eigenvalue weighted by Gasteiger charge is -2.31. The van der Waals surface area contributed by atoms with Gasteiger partial charge in [-0.25, -0.2) is 0 Å². The highest BCUT2D eigenvalue weighted by Crippen LogP contribution is 2.44. The first-order valence-corrected chi connectivity index (χ1v) is 10.6. The molecule has 164 valence electrons. The molecule has 2 aliphatic heterocycles. The Morgan fingerprint density at radius 1 is 1.03 bits per heavy atom. The van der Waals surface area contributed by atoms with Crippen LogP contribution in [0.5, 0.6) is 0 Å². The molecule has 0 amide bonds. The number of hydrogen-bond acceptors (Lipinski definition) is 4. The molecule has 2 fully saturated rings. The van der Waals surface area contributed by atoms with Crippen LogP contribution >= 0.6 is 0 Å². The van der Waals surface area contributed by atoms with Gasteiger partial charge in [0.25, 0.3) is 0 Å². The van der Waals surface area contributed by atoms with Gasteiger partial charge < -0.3 is 18.9 Å². The van der Waals surface area contributed by atoms with Crippen LogP contribution in [0.1, 0.15) is 70.4 Å². The molecule has 0 bridgehead atoms. The summed E-state index contributed by atoms with van der Waals surface area (Å²) in [5.74, 6) is -0.690. The molecule has 0 spiro atoms. The van der Waals surface area contributed by atoms with E-state index in [1.807, 2.05) is 6.92 Å². The topological polar surface area (TPSA) is 36.9 Å². The maximum absolute atomic E-state index is 13.3. The molecule has 2 aliphatic rings. The van der Waals surface area contributed by atoms with Crippen molar-refractivity contribution in [1.82, 2.24) is 0 Å². The van der Waals surface area contributed by atoms with Gasteiger partial charge in [-0.15, -0.1) is 0 Å². The first kappa shape index (κ1) is 22.5. The van der Waals surface area contributed by atoms with Gasteiger partial charge in [0, 0.05) is 12.8 Å². The minimum Gasteiger partial charge on any atom is -0.368 e. The average molecular weight is 416 g/mol. The predicted octanol–water partition coefficient (Wildman–Crippen LogP) is 5.83. The van der Waals surface area contributed by atoms with E-state index in [4.69, 9.17) is 18.9 Å². The molecular formula is C22H31F3O4. The monoisotopic (exact) mass is 416 g/mol. The summed E-state index contributed by atoms with van der Waals surface area (Å²) >= 11 is 0. The Bertz CT molecular complexity index is 666. The van der Waals surface area contributed by atoms with Gasteiger partial charge in [0.15, 0.2) is 12.1 Å². The summed E-state index contributed by atoms with van der Waals surface area (Å²) in [6.07, 6.45) is -1.01. The third kappa shape index (κ3) is 4.95. The number of unbranched alkanes of at least 4 members (excludes halogenated alkanes) is 1. The molecule has 3 rings (SSSR count). The van der Waals surface area contributed by atoms with Crippen LogP contribution in [0.4, 0.5) is 13.2 Å². The van der Waals surface area contributed by atoms with Gasteiger partial charge in [-0.1, -0.05) is 51.8 Å². The largest absolute Gasteiger partial charge is 0.416 e. The summed E-state index contributed by atoms with van der Waals surface area (Å²) in [6.45, 7) is 6.00. The molecule has 0 aliphatic carbocycles. The van der Waals surface area contributed by atoms with E-state index in [0.717, 1.165) is 38.2 Å². The first-order valence-electron chi connectivity index (χ1n) is 10.6. The van der Waals surface area contributed by atoms with Gasteiger partial charge in [0.2, 0.25) is 0 Å². The molecule has 7 heteroatoms. The fourth-order valence-electron chi connectivity index (χ4n) is 4.23. The van der Waals surface area contributed by atoms with E-state index in [2.05, 4.69) is 13.8 Å². The number of rotatable bonds is 9. The van der Waals surface area contributed by atoms with Gasteiger partial charge in [-0.2, -0.15) is 13.2 Å². The molecule has 1 aromatic carbocycles. The van der Waals surface area contributed by atoms with E-state index >= 15 is 0 Å². The van der Waals surface area contributed by atoms with Crippen molar-refractivity contribution in [3.05, 3.63) is 35.4 Å². The maximum Gasteiger partial charge on any atom is 0.416 e. The van der Waals surface area contributed by atoms with Crippen LogP contribution in [-0.4, -0.2) is 30.4 Å². The Hall–Kier alpha value is -1.15. The molecule has 0 saturated carbocycles. The highest BCUT2D eigenvalue weighted by Gasteiger charge is 2.57. The number of fused-ring (bicyclic) bond motifs is 1. The number of halogens is 3. The molecule has 0 aromatic heterocycles. The second kappa shape index (κ2) is 9.33. The Labute approximate surface area is 170 Å². The summed E-state index contributed by atoms with van der Waals surface area (Å²) < 4.78 is 64.4. The van der Waals surface area contributed by atoms with E-state index in [1.165, 1.54) is 12.1 Å². The standard InChI is InChI=1S/C22H31F3O4/c1-4-7-13-21(12-5-2)28-19-18(17(6-3)27-20(19)29-21)26-14-15-10-8-9-11-16(15)22(23,24)25/h8-11,17-20H,4-7,12-14H2,1-3H3/t17-,18+,19-,20-,21?/m1/s1. The van der Waals surface area contributed by atoms with Gasteiger partial charge in [-0.05, 0) is 24.5 Å². The summed E-state index contributed by atoms with van der Waals surface area (Å²) in [4.78, 5) is 0. The highest BCUT2D eigenvalue weighted by molar-refractivity contribution is 5.29. The van der Waals surface area contributed by atoms with Crippen LogP contribution in [-0.2, 0) is 31.7 Å². The van der Waals surface area contributed by atoms with E-state index in [9.17, 15) is 13.2 Å². The van der Waals surface area contributed by atoms with Crippen molar-refractivity contribution in [2.45, 2.75) is 102 Å². The van der Waals surface area contributed by atoms with E-state index < -0.39 is 36.0 Å². The lowest BCUT2D eigenvalue weighted by atomic mass is 10.0. The third-order valence-corrected chi connectivity index (χ3v) is 5.65. The second-order valence-corrected chi connectivity index (χ2v) is 7.85. The third-order valence-electron chi connectivity index (χ3n) is 5.65. The van der Waals surface area contributed by atoms with Crippen molar-refractivity contribution < 1.29 is 32.1 Å². The minimum atomic E-state index is -4.41. The van der Waals surface area contributed by atoms with Crippen molar-refractivity contribution in [2.75, 3.05) is 0 Å². The number of ether oxygens (including phenoxy) is 4. The van der Waals surface area contributed by atoms with Crippen LogP contribution in [0.3, 0.4) is 0 Å². The zero-order chi connectivity index (χ0) is 21.1. The highest BCUT2D eigenvalue weighted by atomic mass is 19.4. The molecule has 29 heavy (non-hydrogen) atoms. The zero-order valence-corrected chi connectivity index (χ0v) is 17.3. The quantitative estimate of drug-likeness (QED) is 0.508. The molecule has 4 nitrogen and oxygen atoms in total. The average Bonchev–Trinajstić information content (AvgIpc) is 3.18. The lowest BCUT2D eigenvalue weighted by Crippen LogP contribution is -2.39. The molecule has 0 N–H and O–H groups in total. The Kier molecular flexibility index (Phi) is 7.25. The normalized spacial score (nSPS) is 31.9. The first-order chi connectivity index (χ1) is 13.8. The van der Waals surface area contributed by atoms with Crippen molar-refractivity contribution in [2.24, 2.45) is 0 Å². The van der Waals surface area contributed by atoms with Crippen LogP contribution < -0.4 is 0 Å². The van der Waals surface area contributed by atoms with E-state index in [-0.39, 0.29) is 18.3 Å². The number of hydrogen-bond donors (Lipinski definition) is 0. The molecule has 5 atom stereocenters. The van der Waals surface area contributed by atoms with Gasteiger partial charge in [0.1, 0.15) is 12.2 Å². The van der Waals surface area contributed by atoms with E-state index in [1.54, 1.807) is 6.07 Å². The lowest BCUT2D eigenvalue weighted by molar-refractivity contribution is -0.243. The minimum absolute atomic E-state index is 0.114. The van der Waals surface area contributed by atoms with Crippen LogP contribution in [0, 0.1) is 0 Å². The van der Waals surface area contributed by atoms with Crippen LogP contribution in [0.25, 0.3) is 0 Å². The van der Waals surface area contributed by atoms with E-state index in [0.29, 0.717) is 6.42 Å². The van der Waals surface area contributed by atoms with Crippen molar-refractivity contribution in [3.8, 4) is 0 Å². The summed E-state index contributed by atoms with van der Waals surface area (Å²) in [7, 11) is 0. The summed E-state index contributed by atoms with van der Waals surface area (Å²) in [5, 5.41) is 0. The Balaban J connectivity index is 1.73. The molecule has 2 saturated heterocycles. The fourth-order valence-corrected chi connectivity index (χ4v) is 4.23.